The van der Waals surface area contributed by atoms with Gasteiger partial charge in [-0.2, -0.15) is 15.0 Å². The van der Waals surface area contributed by atoms with E-state index in [4.69, 9.17) is 0 Å². The molecule has 7 heteroatoms. The van der Waals surface area contributed by atoms with Crippen LogP contribution < -0.4 is 4.72 Å². The van der Waals surface area contributed by atoms with Crippen LogP contribution in [0.3, 0.4) is 0 Å². The fourth-order valence-corrected chi connectivity index (χ4v) is 4.54. The molecule has 1 saturated carbocycles. The summed E-state index contributed by atoms with van der Waals surface area (Å²) < 4.78 is 24.7. The first-order valence-electron chi connectivity index (χ1n) is 10.9. The normalized spacial score (nSPS) is 13.2. The predicted octanol–water partition coefficient (Wildman–Crippen LogP) is 5.47. The molecule has 1 heterocycles. The van der Waals surface area contributed by atoms with Crippen molar-refractivity contribution in [3.8, 4) is 22.5 Å². The van der Waals surface area contributed by atoms with Crippen molar-refractivity contribution >= 4 is 10.0 Å². The van der Waals surface area contributed by atoms with Crippen molar-refractivity contribution in [1.82, 2.24) is 19.7 Å². The Bertz CT molecular complexity index is 1000. The largest absolute Gasteiger partial charge is 0.214 e. The SMILES string of the molecule is C=C.CC(C)NS(=O)(=O)C1CC1.CC(C)n1nc(-c2ccccc2)c(-c2ccccc2)n1. The summed E-state index contributed by atoms with van der Waals surface area (Å²) >= 11 is 0. The van der Waals surface area contributed by atoms with Gasteiger partial charge in [0.15, 0.2) is 0 Å². The molecule has 0 atom stereocenters. The highest BCUT2D eigenvalue weighted by molar-refractivity contribution is 7.90. The van der Waals surface area contributed by atoms with Gasteiger partial charge in [-0.05, 0) is 40.5 Å². The molecule has 0 spiro atoms. The van der Waals surface area contributed by atoms with Crippen molar-refractivity contribution in [1.29, 1.82) is 0 Å². The average molecular weight is 455 g/mol. The van der Waals surface area contributed by atoms with Crippen LogP contribution in [0.25, 0.3) is 22.5 Å². The van der Waals surface area contributed by atoms with Crippen LogP contribution in [0.1, 0.15) is 46.6 Å². The van der Waals surface area contributed by atoms with Crippen LogP contribution in [-0.2, 0) is 10.0 Å². The second kappa shape index (κ2) is 11.7. The Morgan fingerprint density at radius 2 is 1.25 bits per heavy atom. The molecule has 0 unspecified atom stereocenters. The predicted molar refractivity (Wildman–Crippen MR) is 133 cm³/mol. The lowest BCUT2D eigenvalue weighted by Crippen LogP contribution is -2.32. The van der Waals surface area contributed by atoms with E-state index in [2.05, 4.69) is 66.2 Å². The number of nitrogens with one attached hydrogen (secondary N) is 1. The summed E-state index contributed by atoms with van der Waals surface area (Å²) in [7, 11) is -2.94. The second-order valence-electron chi connectivity index (χ2n) is 8.06. The third-order valence-electron chi connectivity index (χ3n) is 4.55. The minimum atomic E-state index is -2.94. The van der Waals surface area contributed by atoms with Crippen molar-refractivity contribution in [2.24, 2.45) is 0 Å². The van der Waals surface area contributed by atoms with Gasteiger partial charge in [0.2, 0.25) is 10.0 Å². The van der Waals surface area contributed by atoms with Gasteiger partial charge in [0.25, 0.3) is 0 Å². The minimum Gasteiger partial charge on any atom is -0.212 e. The molecule has 0 amide bonds. The fraction of sp³-hybridized carbons (Fsp3) is 0.360. The van der Waals surface area contributed by atoms with E-state index in [0.717, 1.165) is 35.4 Å². The number of sulfonamides is 1. The molecule has 3 aromatic rings. The molecule has 1 aliphatic carbocycles. The van der Waals surface area contributed by atoms with E-state index in [-0.39, 0.29) is 17.3 Å². The zero-order valence-corrected chi connectivity index (χ0v) is 20.2. The Hall–Kier alpha value is -2.77. The van der Waals surface area contributed by atoms with E-state index >= 15 is 0 Å². The molecular formula is C25H34N4O2S. The maximum atomic E-state index is 11.1. The van der Waals surface area contributed by atoms with Gasteiger partial charge in [-0.1, -0.05) is 60.7 Å². The summed E-state index contributed by atoms with van der Waals surface area (Å²) in [4.78, 5) is 1.78. The van der Waals surface area contributed by atoms with E-state index < -0.39 is 10.0 Å². The van der Waals surface area contributed by atoms with Gasteiger partial charge in [-0.3, -0.25) is 0 Å². The van der Waals surface area contributed by atoms with Crippen molar-refractivity contribution in [2.75, 3.05) is 0 Å². The first kappa shape index (κ1) is 25.5. The molecule has 172 valence electrons. The van der Waals surface area contributed by atoms with Gasteiger partial charge in [0, 0.05) is 17.2 Å². The minimum absolute atomic E-state index is 0.0330. The summed E-state index contributed by atoms with van der Waals surface area (Å²) in [6, 6.07) is 20.7. The summed E-state index contributed by atoms with van der Waals surface area (Å²) in [6.07, 6.45) is 1.67. The summed E-state index contributed by atoms with van der Waals surface area (Å²) in [6.45, 7) is 13.8. The second-order valence-corrected chi connectivity index (χ2v) is 10.1. The third-order valence-corrected chi connectivity index (χ3v) is 6.70. The Labute approximate surface area is 192 Å². The topological polar surface area (TPSA) is 76.9 Å². The average Bonchev–Trinajstić information content (AvgIpc) is 3.55. The maximum Gasteiger partial charge on any atom is 0.214 e. The van der Waals surface area contributed by atoms with Crippen LogP contribution in [-0.4, -0.2) is 34.7 Å². The van der Waals surface area contributed by atoms with E-state index in [1.807, 2.05) is 50.2 Å². The van der Waals surface area contributed by atoms with Crippen LogP contribution >= 0.6 is 0 Å². The molecule has 1 N–H and O–H groups in total. The molecule has 6 nitrogen and oxygen atoms in total. The Kier molecular flexibility index (Phi) is 9.35. The van der Waals surface area contributed by atoms with E-state index in [1.54, 1.807) is 4.80 Å². The summed E-state index contributed by atoms with van der Waals surface area (Å²) in [5, 5.41) is 9.24. The molecule has 1 fully saturated rings. The van der Waals surface area contributed by atoms with Crippen LogP contribution in [0.2, 0.25) is 0 Å². The van der Waals surface area contributed by atoms with Gasteiger partial charge < -0.3 is 0 Å². The molecule has 0 aliphatic heterocycles. The standard InChI is InChI=1S/C17H17N3.C6H13NO2S.C2H4/c1-13(2)20-18-16(14-9-5-3-6-10-14)17(19-20)15-11-7-4-8-12-15;1-5(2)7-10(8,9)6-3-4-6;1-2/h3-13H,1-2H3;5-7H,3-4H2,1-2H3;1-2H2. The summed E-state index contributed by atoms with van der Waals surface area (Å²) in [5.74, 6) is 0. The highest BCUT2D eigenvalue weighted by atomic mass is 32.2. The number of aromatic nitrogens is 3. The molecule has 32 heavy (non-hydrogen) atoms. The summed E-state index contributed by atoms with van der Waals surface area (Å²) in [5.41, 5.74) is 4.06. The molecule has 1 aromatic heterocycles. The van der Waals surface area contributed by atoms with Crippen molar-refractivity contribution in [3.63, 3.8) is 0 Å². The molecule has 4 rings (SSSR count). The lowest BCUT2D eigenvalue weighted by molar-refractivity contribution is 0.468. The van der Waals surface area contributed by atoms with Crippen molar-refractivity contribution < 1.29 is 8.42 Å². The Balaban J connectivity index is 0.000000255. The molecule has 0 radical (unpaired) electrons. The van der Waals surface area contributed by atoms with Gasteiger partial charge in [0.05, 0.1) is 11.3 Å². The first-order valence-corrected chi connectivity index (χ1v) is 12.4. The lowest BCUT2D eigenvalue weighted by Gasteiger charge is -2.07. The van der Waals surface area contributed by atoms with Crippen LogP contribution in [0.15, 0.2) is 73.8 Å². The quantitative estimate of drug-likeness (QED) is 0.501. The maximum absolute atomic E-state index is 11.1. The molecule has 2 aromatic carbocycles. The number of nitrogens with zero attached hydrogens (tertiary/aromatic N) is 3. The van der Waals surface area contributed by atoms with Gasteiger partial charge >= 0.3 is 0 Å². The fourth-order valence-electron chi connectivity index (χ4n) is 2.94. The van der Waals surface area contributed by atoms with Gasteiger partial charge in [0.1, 0.15) is 11.4 Å². The van der Waals surface area contributed by atoms with E-state index in [0.29, 0.717) is 0 Å². The molecule has 0 saturated heterocycles. The van der Waals surface area contributed by atoms with Crippen molar-refractivity contribution in [3.05, 3.63) is 73.8 Å². The molecular weight excluding hydrogens is 420 g/mol. The van der Waals surface area contributed by atoms with Crippen LogP contribution in [0.4, 0.5) is 0 Å². The van der Waals surface area contributed by atoms with Gasteiger partial charge in [-0.15, -0.1) is 13.2 Å². The van der Waals surface area contributed by atoms with Crippen LogP contribution in [0, 0.1) is 0 Å². The molecule has 1 aliphatic rings. The first-order chi connectivity index (χ1) is 15.3. The number of benzene rings is 2. The molecule has 0 bridgehead atoms. The lowest BCUT2D eigenvalue weighted by atomic mass is 10.1. The van der Waals surface area contributed by atoms with E-state index in [9.17, 15) is 8.42 Å². The van der Waals surface area contributed by atoms with E-state index in [1.165, 1.54) is 0 Å². The highest BCUT2D eigenvalue weighted by Gasteiger charge is 2.35. The zero-order valence-electron chi connectivity index (χ0n) is 19.4. The monoisotopic (exact) mass is 454 g/mol. The smallest absolute Gasteiger partial charge is 0.212 e. The Morgan fingerprint density at radius 1 is 0.844 bits per heavy atom. The van der Waals surface area contributed by atoms with Crippen molar-refractivity contribution in [2.45, 2.75) is 57.9 Å². The number of hydrogen-bond donors (Lipinski definition) is 1. The van der Waals surface area contributed by atoms with Gasteiger partial charge in [-0.25, -0.2) is 13.1 Å². The number of hydrogen-bond acceptors (Lipinski definition) is 4. The van der Waals surface area contributed by atoms with Crippen LogP contribution in [0.5, 0.6) is 0 Å². The number of rotatable bonds is 6. The zero-order chi connectivity index (χ0) is 23.7. The third kappa shape index (κ3) is 7.14. The highest BCUT2D eigenvalue weighted by Crippen LogP contribution is 2.29. The Morgan fingerprint density at radius 3 is 1.56 bits per heavy atom.